The topological polar surface area (TPSA) is 15.3 Å². The SMILES string of the molecule is CCNCCN(CC)CC1Cc2ccccc2S1. The van der Waals surface area contributed by atoms with E-state index in [9.17, 15) is 0 Å². The molecule has 1 heterocycles. The molecule has 1 aliphatic rings. The van der Waals surface area contributed by atoms with E-state index in [0.29, 0.717) is 0 Å². The molecule has 18 heavy (non-hydrogen) atoms. The third-order valence-electron chi connectivity index (χ3n) is 3.48. The van der Waals surface area contributed by atoms with Gasteiger partial charge in [-0.1, -0.05) is 32.0 Å². The second kappa shape index (κ2) is 7.17. The largest absolute Gasteiger partial charge is 0.316 e. The number of hydrogen-bond donors (Lipinski definition) is 1. The molecule has 1 atom stereocenters. The van der Waals surface area contributed by atoms with Crippen LogP contribution in [0.4, 0.5) is 0 Å². The molecule has 0 aromatic heterocycles. The summed E-state index contributed by atoms with van der Waals surface area (Å²) < 4.78 is 0. The summed E-state index contributed by atoms with van der Waals surface area (Å²) in [6.45, 7) is 10.1. The van der Waals surface area contributed by atoms with E-state index in [-0.39, 0.29) is 0 Å². The second-order valence-corrected chi connectivity index (χ2v) is 6.14. The molecule has 1 aromatic rings. The molecule has 0 saturated carbocycles. The first kappa shape index (κ1) is 13.9. The number of likely N-dealkylation sites (N-methyl/N-ethyl adjacent to an activating group) is 2. The van der Waals surface area contributed by atoms with Crippen molar-refractivity contribution in [3.63, 3.8) is 0 Å². The highest BCUT2D eigenvalue weighted by atomic mass is 32.2. The van der Waals surface area contributed by atoms with Gasteiger partial charge in [0.25, 0.3) is 0 Å². The zero-order valence-corrected chi connectivity index (χ0v) is 12.3. The molecule has 2 nitrogen and oxygen atoms in total. The van der Waals surface area contributed by atoms with Gasteiger partial charge in [-0.25, -0.2) is 0 Å². The number of nitrogens with one attached hydrogen (secondary N) is 1. The lowest BCUT2D eigenvalue weighted by Gasteiger charge is -2.23. The van der Waals surface area contributed by atoms with Gasteiger partial charge in [-0.15, -0.1) is 11.8 Å². The average molecular weight is 264 g/mol. The molecule has 3 heteroatoms. The Balaban J connectivity index is 1.80. The number of rotatable bonds is 7. The van der Waals surface area contributed by atoms with Crippen LogP contribution in [0.3, 0.4) is 0 Å². The van der Waals surface area contributed by atoms with Crippen molar-refractivity contribution >= 4 is 11.8 Å². The summed E-state index contributed by atoms with van der Waals surface area (Å²) in [5, 5.41) is 4.15. The molecule has 0 spiro atoms. The molecule has 0 aliphatic carbocycles. The molecule has 0 amide bonds. The first-order valence-electron chi connectivity index (χ1n) is 7.01. The summed E-state index contributed by atoms with van der Waals surface area (Å²) in [6, 6.07) is 8.84. The highest BCUT2D eigenvalue weighted by Crippen LogP contribution is 2.36. The fourth-order valence-corrected chi connectivity index (χ4v) is 3.80. The van der Waals surface area contributed by atoms with Crippen LogP contribution in [0.1, 0.15) is 19.4 Å². The first-order chi connectivity index (χ1) is 8.83. The van der Waals surface area contributed by atoms with Gasteiger partial charge >= 0.3 is 0 Å². The summed E-state index contributed by atoms with van der Waals surface area (Å²) in [7, 11) is 0. The predicted molar refractivity (Wildman–Crippen MR) is 80.4 cm³/mol. The summed E-state index contributed by atoms with van der Waals surface area (Å²) in [6.07, 6.45) is 1.23. The van der Waals surface area contributed by atoms with Crippen molar-refractivity contribution in [2.45, 2.75) is 30.4 Å². The molecule has 1 N–H and O–H groups in total. The van der Waals surface area contributed by atoms with Gasteiger partial charge in [0.2, 0.25) is 0 Å². The van der Waals surface area contributed by atoms with E-state index in [2.05, 4.69) is 60.1 Å². The average Bonchev–Trinajstić information content (AvgIpc) is 2.80. The first-order valence-corrected chi connectivity index (χ1v) is 7.89. The maximum absolute atomic E-state index is 3.41. The lowest BCUT2D eigenvalue weighted by Crippen LogP contribution is -2.36. The second-order valence-electron chi connectivity index (χ2n) is 4.80. The van der Waals surface area contributed by atoms with Crippen molar-refractivity contribution in [1.29, 1.82) is 0 Å². The minimum absolute atomic E-state index is 0.740. The molecule has 100 valence electrons. The fraction of sp³-hybridized carbons (Fsp3) is 0.600. The number of benzene rings is 1. The van der Waals surface area contributed by atoms with E-state index in [0.717, 1.165) is 31.4 Å². The van der Waals surface area contributed by atoms with Crippen LogP contribution in [0, 0.1) is 0 Å². The third kappa shape index (κ3) is 3.74. The molecular formula is C15H24N2S. The van der Waals surface area contributed by atoms with Crippen molar-refractivity contribution in [1.82, 2.24) is 10.2 Å². The smallest absolute Gasteiger partial charge is 0.0263 e. The van der Waals surface area contributed by atoms with Crippen LogP contribution >= 0.6 is 11.8 Å². The normalized spacial score (nSPS) is 18.3. The van der Waals surface area contributed by atoms with Crippen LogP contribution in [-0.2, 0) is 6.42 Å². The van der Waals surface area contributed by atoms with Gasteiger partial charge in [-0.3, -0.25) is 0 Å². The van der Waals surface area contributed by atoms with Crippen molar-refractivity contribution < 1.29 is 0 Å². The minimum Gasteiger partial charge on any atom is -0.316 e. The Morgan fingerprint density at radius 1 is 1.33 bits per heavy atom. The predicted octanol–water partition coefficient (Wildman–Crippen LogP) is 2.63. The summed E-state index contributed by atoms with van der Waals surface area (Å²) in [5.74, 6) is 0. The van der Waals surface area contributed by atoms with Crippen molar-refractivity contribution in [2.24, 2.45) is 0 Å². The van der Waals surface area contributed by atoms with Gasteiger partial charge in [0.1, 0.15) is 0 Å². The van der Waals surface area contributed by atoms with Gasteiger partial charge in [0.05, 0.1) is 0 Å². The Hall–Kier alpha value is -0.510. The Morgan fingerprint density at radius 2 is 2.17 bits per heavy atom. The van der Waals surface area contributed by atoms with Crippen LogP contribution in [0.15, 0.2) is 29.2 Å². The monoisotopic (exact) mass is 264 g/mol. The van der Waals surface area contributed by atoms with Gasteiger partial charge < -0.3 is 10.2 Å². The number of thioether (sulfide) groups is 1. The quantitative estimate of drug-likeness (QED) is 0.762. The van der Waals surface area contributed by atoms with E-state index in [1.807, 2.05) is 0 Å². The lowest BCUT2D eigenvalue weighted by atomic mass is 10.1. The van der Waals surface area contributed by atoms with E-state index in [4.69, 9.17) is 0 Å². The van der Waals surface area contributed by atoms with Gasteiger partial charge in [0, 0.05) is 29.8 Å². The molecule has 1 unspecified atom stereocenters. The minimum atomic E-state index is 0.740. The molecule has 0 radical (unpaired) electrons. The molecule has 0 fully saturated rings. The fourth-order valence-electron chi connectivity index (χ4n) is 2.44. The maximum Gasteiger partial charge on any atom is 0.0263 e. The zero-order valence-electron chi connectivity index (χ0n) is 11.5. The molecule has 0 bridgehead atoms. The summed E-state index contributed by atoms with van der Waals surface area (Å²) in [5.41, 5.74) is 1.54. The van der Waals surface area contributed by atoms with Gasteiger partial charge in [-0.05, 0) is 31.1 Å². The van der Waals surface area contributed by atoms with E-state index in [1.165, 1.54) is 23.4 Å². The molecule has 1 aromatic carbocycles. The Kier molecular flexibility index (Phi) is 5.54. The van der Waals surface area contributed by atoms with Crippen molar-refractivity contribution in [3.05, 3.63) is 29.8 Å². The van der Waals surface area contributed by atoms with Crippen LogP contribution in [-0.4, -0.2) is 42.9 Å². The Labute approximate surface area is 115 Å². The zero-order chi connectivity index (χ0) is 12.8. The van der Waals surface area contributed by atoms with E-state index < -0.39 is 0 Å². The molecular weight excluding hydrogens is 240 g/mol. The lowest BCUT2D eigenvalue weighted by molar-refractivity contribution is 0.289. The number of nitrogens with zero attached hydrogens (tertiary/aromatic N) is 1. The van der Waals surface area contributed by atoms with E-state index >= 15 is 0 Å². The van der Waals surface area contributed by atoms with Crippen LogP contribution in [0.5, 0.6) is 0 Å². The summed E-state index contributed by atoms with van der Waals surface area (Å²) >= 11 is 2.06. The van der Waals surface area contributed by atoms with E-state index in [1.54, 1.807) is 0 Å². The Morgan fingerprint density at radius 3 is 2.89 bits per heavy atom. The highest BCUT2D eigenvalue weighted by Gasteiger charge is 2.23. The maximum atomic E-state index is 3.41. The molecule has 1 aliphatic heterocycles. The van der Waals surface area contributed by atoms with Crippen LogP contribution in [0.2, 0.25) is 0 Å². The van der Waals surface area contributed by atoms with Gasteiger partial charge in [0.15, 0.2) is 0 Å². The highest BCUT2D eigenvalue weighted by molar-refractivity contribution is 8.00. The summed E-state index contributed by atoms with van der Waals surface area (Å²) in [4.78, 5) is 4.05. The van der Waals surface area contributed by atoms with Crippen molar-refractivity contribution in [2.75, 3.05) is 32.7 Å². The Bertz CT molecular complexity index is 342. The number of hydrogen-bond acceptors (Lipinski definition) is 3. The number of fused-ring (bicyclic) bond motifs is 1. The standard InChI is InChI=1S/C15H24N2S/c1-3-16-9-10-17(4-2)12-14-11-13-7-5-6-8-15(13)18-14/h5-8,14,16H,3-4,9-12H2,1-2H3. The molecule has 0 saturated heterocycles. The third-order valence-corrected chi connectivity index (χ3v) is 4.78. The van der Waals surface area contributed by atoms with Crippen LogP contribution < -0.4 is 5.32 Å². The van der Waals surface area contributed by atoms with Crippen molar-refractivity contribution in [3.8, 4) is 0 Å². The van der Waals surface area contributed by atoms with Crippen LogP contribution in [0.25, 0.3) is 0 Å². The van der Waals surface area contributed by atoms with Gasteiger partial charge in [-0.2, -0.15) is 0 Å². The molecule has 2 rings (SSSR count).